The van der Waals surface area contributed by atoms with Gasteiger partial charge < -0.3 is 13.7 Å². The van der Waals surface area contributed by atoms with Crippen molar-refractivity contribution >= 4 is 71.7 Å². The van der Waals surface area contributed by atoms with Gasteiger partial charge in [-0.1, -0.05) is 152 Å². The standard InChI is InChI=1S/C58H37NO2/c1-3-14-38(15-4-1)43-34-44(39-16-5-2-6-17-39)36-45(35-43)40-26-30-46(31-27-40)59(53-23-13-25-56-57(53)50-32-28-41-18-7-8-20-48(41)58(50)61-56)52-22-11-9-19-47(52)42-29-33-55-51(37-42)49-21-10-12-24-54(49)60-55/h1-37H. The highest BCUT2D eigenvalue weighted by molar-refractivity contribution is 6.20. The molecule has 0 spiro atoms. The van der Waals surface area contributed by atoms with E-state index in [-0.39, 0.29) is 0 Å². The van der Waals surface area contributed by atoms with Crippen molar-refractivity contribution in [1.82, 2.24) is 0 Å². The summed E-state index contributed by atoms with van der Waals surface area (Å²) in [5.74, 6) is 0. The maximum atomic E-state index is 6.76. The van der Waals surface area contributed by atoms with E-state index in [2.05, 4.69) is 217 Å². The van der Waals surface area contributed by atoms with Gasteiger partial charge in [-0.3, -0.25) is 0 Å². The molecule has 0 saturated carbocycles. The van der Waals surface area contributed by atoms with Crippen LogP contribution in [0, 0.1) is 0 Å². The van der Waals surface area contributed by atoms with Crippen LogP contribution in [-0.4, -0.2) is 0 Å². The Labute approximate surface area is 353 Å². The summed E-state index contributed by atoms with van der Waals surface area (Å²) in [6.45, 7) is 0. The third kappa shape index (κ3) is 5.98. The van der Waals surface area contributed by atoms with Gasteiger partial charge in [0.05, 0.1) is 16.8 Å². The molecule has 0 radical (unpaired) electrons. The van der Waals surface area contributed by atoms with Crippen LogP contribution >= 0.6 is 0 Å². The molecule has 0 aliphatic carbocycles. The Balaban J connectivity index is 1.06. The Bertz CT molecular complexity index is 3520. The maximum absolute atomic E-state index is 6.76. The molecule has 0 N–H and O–H groups in total. The summed E-state index contributed by atoms with van der Waals surface area (Å²) in [5.41, 5.74) is 15.9. The van der Waals surface area contributed by atoms with Gasteiger partial charge >= 0.3 is 0 Å². The lowest BCUT2D eigenvalue weighted by atomic mass is 9.93. The minimum atomic E-state index is 0.848. The quantitative estimate of drug-likeness (QED) is 0.161. The number of rotatable bonds is 7. The van der Waals surface area contributed by atoms with Crippen LogP contribution in [0.1, 0.15) is 0 Å². The van der Waals surface area contributed by atoms with Crippen molar-refractivity contribution in [1.29, 1.82) is 0 Å². The van der Waals surface area contributed by atoms with Crippen molar-refractivity contribution in [2.45, 2.75) is 0 Å². The third-order valence-electron chi connectivity index (χ3n) is 12.0. The van der Waals surface area contributed by atoms with E-state index in [1.54, 1.807) is 0 Å². The smallest absolute Gasteiger partial charge is 0.143 e. The van der Waals surface area contributed by atoms with Gasteiger partial charge in [0, 0.05) is 32.8 Å². The molecule has 0 aliphatic rings. The molecule has 12 rings (SSSR count). The predicted molar refractivity (Wildman–Crippen MR) is 255 cm³/mol. The van der Waals surface area contributed by atoms with E-state index in [9.17, 15) is 0 Å². The van der Waals surface area contributed by atoms with Gasteiger partial charge in [-0.15, -0.1) is 0 Å². The summed E-state index contributed by atoms with van der Waals surface area (Å²) in [6.07, 6.45) is 0. The summed E-state index contributed by atoms with van der Waals surface area (Å²) in [6, 6.07) is 80.0. The van der Waals surface area contributed by atoms with Gasteiger partial charge in [0.25, 0.3) is 0 Å². The second kappa shape index (κ2) is 14.3. The van der Waals surface area contributed by atoms with Crippen molar-refractivity contribution in [3.63, 3.8) is 0 Å². The monoisotopic (exact) mass is 779 g/mol. The van der Waals surface area contributed by atoms with Gasteiger partial charge in [0.2, 0.25) is 0 Å². The largest absolute Gasteiger partial charge is 0.456 e. The Morgan fingerprint density at radius 3 is 1.62 bits per heavy atom. The van der Waals surface area contributed by atoms with E-state index < -0.39 is 0 Å². The molecule has 0 saturated heterocycles. The molecule has 0 bridgehead atoms. The lowest BCUT2D eigenvalue weighted by Gasteiger charge is -2.28. The molecule has 61 heavy (non-hydrogen) atoms. The number of furan rings is 2. The van der Waals surface area contributed by atoms with Crippen LogP contribution in [0.25, 0.3) is 99.2 Å². The van der Waals surface area contributed by atoms with E-state index in [1.165, 1.54) is 22.3 Å². The fourth-order valence-electron chi connectivity index (χ4n) is 9.13. The number of para-hydroxylation sites is 2. The summed E-state index contributed by atoms with van der Waals surface area (Å²) < 4.78 is 13.0. The summed E-state index contributed by atoms with van der Waals surface area (Å²) in [5, 5.41) is 6.62. The van der Waals surface area contributed by atoms with Gasteiger partial charge in [0.1, 0.15) is 22.3 Å². The van der Waals surface area contributed by atoms with Crippen LogP contribution in [0.2, 0.25) is 0 Å². The lowest BCUT2D eigenvalue weighted by molar-refractivity contribution is 0.669. The molecule has 3 nitrogen and oxygen atoms in total. The van der Waals surface area contributed by atoms with Crippen molar-refractivity contribution in [3.8, 4) is 44.5 Å². The molecule has 0 fully saturated rings. The zero-order valence-corrected chi connectivity index (χ0v) is 33.1. The first kappa shape index (κ1) is 34.9. The van der Waals surface area contributed by atoms with Crippen LogP contribution in [0.3, 0.4) is 0 Å². The van der Waals surface area contributed by atoms with Crippen LogP contribution < -0.4 is 4.90 Å². The molecule has 10 aromatic carbocycles. The Hall–Kier alpha value is -8.14. The molecule has 12 aromatic rings. The first-order valence-electron chi connectivity index (χ1n) is 20.7. The molecular weight excluding hydrogens is 743 g/mol. The lowest BCUT2D eigenvalue weighted by Crippen LogP contribution is -2.11. The van der Waals surface area contributed by atoms with E-state index in [0.717, 1.165) is 94.0 Å². The average molecular weight is 780 g/mol. The van der Waals surface area contributed by atoms with Crippen molar-refractivity contribution in [2.24, 2.45) is 0 Å². The van der Waals surface area contributed by atoms with Crippen LogP contribution in [-0.2, 0) is 0 Å². The first-order chi connectivity index (χ1) is 30.2. The van der Waals surface area contributed by atoms with Gasteiger partial charge in [0.15, 0.2) is 0 Å². The second-order valence-corrected chi connectivity index (χ2v) is 15.7. The molecule has 0 unspecified atom stereocenters. The zero-order chi connectivity index (χ0) is 40.3. The molecule has 0 amide bonds. The van der Waals surface area contributed by atoms with Gasteiger partial charge in [-0.2, -0.15) is 0 Å². The number of hydrogen-bond donors (Lipinski definition) is 0. The van der Waals surface area contributed by atoms with Crippen LogP contribution in [0.5, 0.6) is 0 Å². The molecule has 0 aliphatic heterocycles. The SMILES string of the molecule is c1ccc(-c2cc(-c3ccccc3)cc(-c3ccc(N(c4ccccc4-c4ccc5oc6ccccc6c5c4)c4cccc5oc6c7ccccc7ccc6c45)cc3)c2)cc1. The molecule has 286 valence electrons. The van der Waals surface area contributed by atoms with Crippen LogP contribution in [0.4, 0.5) is 17.1 Å². The highest BCUT2D eigenvalue weighted by Gasteiger charge is 2.23. The first-order valence-corrected chi connectivity index (χ1v) is 20.7. The fraction of sp³-hybridized carbons (Fsp3) is 0. The van der Waals surface area contributed by atoms with Crippen LogP contribution in [0.15, 0.2) is 233 Å². The highest BCUT2D eigenvalue weighted by Crippen LogP contribution is 2.48. The van der Waals surface area contributed by atoms with Gasteiger partial charge in [-0.05, 0) is 117 Å². The van der Waals surface area contributed by atoms with Gasteiger partial charge in [-0.25, -0.2) is 0 Å². The predicted octanol–water partition coefficient (Wildman–Crippen LogP) is 16.8. The number of fused-ring (bicyclic) bond motifs is 8. The molecular formula is C58H37NO2. The minimum Gasteiger partial charge on any atom is -0.456 e. The van der Waals surface area contributed by atoms with E-state index >= 15 is 0 Å². The van der Waals surface area contributed by atoms with E-state index in [4.69, 9.17) is 8.83 Å². The minimum absolute atomic E-state index is 0.848. The summed E-state index contributed by atoms with van der Waals surface area (Å²) >= 11 is 0. The number of anilines is 3. The number of nitrogens with zero attached hydrogens (tertiary/aromatic N) is 1. The number of hydrogen-bond acceptors (Lipinski definition) is 3. The zero-order valence-electron chi connectivity index (χ0n) is 33.1. The van der Waals surface area contributed by atoms with Crippen molar-refractivity contribution < 1.29 is 8.83 Å². The summed E-state index contributed by atoms with van der Waals surface area (Å²) in [4.78, 5) is 2.40. The van der Waals surface area contributed by atoms with E-state index in [1.807, 2.05) is 12.1 Å². The normalized spacial score (nSPS) is 11.6. The molecule has 3 heteroatoms. The highest BCUT2D eigenvalue weighted by atomic mass is 16.3. The topological polar surface area (TPSA) is 29.5 Å². The molecule has 0 atom stereocenters. The summed E-state index contributed by atoms with van der Waals surface area (Å²) in [7, 11) is 0. The van der Waals surface area contributed by atoms with E-state index in [0.29, 0.717) is 0 Å². The number of benzene rings is 10. The van der Waals surface area contributed by atoms with Crippen molar-refractivity contribution in [2.75, 3.05) is 4.90 Å². The Kier molecular flexibility index (Phi) is 8.17. The molecule has 2 aromatic heterocycles. The molecule has 2 heterocycles. The Morgan fingerprint density at radius 2 is 0.869 bits per heavy atom. The van der Waals surface area contributed by atoms with Crippen molar-refractivity contribution in [3.05, 3.63) is 224 Å². The Morgan fingerprint density at radius 1 is 0.295 bits per heavy atom. The fourth-order valence-corrected chi connectivity index (χ4v) is 9.13. The third-order valence-corrected chi connectivity index (χ3v) is 12.0. The average Bonchev–Trinajstić information content (AvgIpc) is 3.91. The maximum Gasteiger partial charge on any atom is 0.143 e. The second-order valence-electron chi connectivity index (χ2n) is 15.7.